The van der Waals surface area contributed by atoms with Crippen molar-refractivity contribution >= 4 is 6.41 Å². The molecule has 17 heavy (non-hydrogen) atoms. The van der Waals surface area contributed by atoms with E-state index in [1.165, 1.54) is 25.7 Å². The molecule has 1 aliphatic carbocycles. The molecule has 1 aliphatic heterocycles. The summed E-state index contributed by atoms with van der Waals surface area (Å²) in [7, 11) is 0. The summed E-state index contributed by atoms with van der Waals surface area (Å²) >= 11 is 0. The Hall–Kier alpha value is -0.610. The van der Waals surface area contributed by atoms with Crippen LogP contribution in [0.3, 0.4) is 0 Å². The van der Waals surface area contributed by atoms with Gasteiger partial charge in [0.2, 0.25) is 6.41 Å². The molecule has 0 unspecified atom stereocenters. The summed E-state index contributed by atoms with van der Waals surface area (Å²) in [6.07, 6.45) is 8.37. The van der Waals surface area contributed by atoms with Gasteiger partial charge in [-0.25, -0.2) is 0 Å². The standard InChI is InChI=1S/C13H25N3O/c17-12-15-13(5-3-1-2-4-6-13)11-16-9-7-14-8-10-16/h12,14H,1-11H2,(H,15,17). The van der Waals surface area contributed by atoms with Crippen LogP contribution in [0.5, 0.6) is 0 Å². The zero-order valence-corrected chi connectivity index (χ0v) is 10.7. The summed E-state index contributed by atoms with van der Waals surface area (Å²) in [4.78, 5) is 13.4. The van der Waals surface area contributed by atoms with Crippen molar-refractivity contribution < 1.29 is 4.79 Å². The molecule has 1 heterocycles. The minimum absolute atomic E-state index is 0.0512. The fourth-order valence-electron chi connectivity index (χ4n) is 3.18. The van der Waals surface area contributed by atoms with Gasteiger partial charge in [0.1, 0.15) is 0 Å². The summed E-state index contributed by atoms with van der Waals surface area (Å²) in [5.41, 5.74) is 0.0512. The number of amides is 1. The number of nitrogens with zero attached hydrogens (tertiary/aromatic N) is 1. The number of hydrogen-bond donors (Lipinski definition) is 2. The van der Waals surface area contributed by atoms with E-state index < -0.39 is 0 Å². The Bertz CT molecular complexity index is 231. The molecule has 1 saturated carbocycles. The summed E-state index contributed by atoms with van der Waals surface area (Å²) in [6.45, 7) is 5.42. The summed E-state index contributed by atoms with van der Waals surface area (Å²) in [5.74, 6) is 0. The molecule has 0 aromatic carbocycles. The lowest BCUT2D eigenvalue weighted by Crippen LogP contribution is -2.56. The van der Waals surface area contributed by atoms with Crippen LogP contribution in [-0.4, -0.2) is 49.6 Å². The molecule has 0 radical (unpaired) electrons. The highest BCUT2D eigenvalue weighted by Gasteiger charge is 2.32. The highest BCUT2D eigenvalue weighted by molar-refractivity contribution is 5.48. The number of carbonyl (C=O) groups excluding carboxylic acids is 1. The van der Waals surface area contributed by atoms with Gasteiger partial charge in [-0.15, -0.1) is 0 Å². The van der Waals surface area contributed by atoms with E-state index in [1.54, 1.807) is 0 Å². The smallest absolute Gasteiger partial charge is 0.207 e. The maximum Gasteiger partial charge on any atom is 0.207 e. The second kappa shape index (κ2) is 6.36. The van der Waals surface area contributed by atoms with Crippen LogP contribution in [0.1, 0.15) is 38.5 Å². The second-order valence-corrected chi connectivity index (χ2v) is 5.48. The van der Waals surface area contributed by atoms with Gasteiger partial charge in [-0.1, -0.05) is 25.7 Å². The van der Waals surface area contributed by atoms with Crippen molar-refractivity contribution in [3.8, 4) is 0 Å². The Balaban J connectivity index is 1.95. The highest BCUT2D eigenvalue weighted by atomic mass is 16.1. The number of rotatable bonds is 4. The quantitative estimate of drug-likeness (QED) is 0.561. The van der Waals surface area contributed by atoms with E-state index >= 15 is 0 Å². The van der Waals surface area contributed by atoms with Crippen LogP contribution < -0.4 is 10.6 Å². The Morgan fingerprint density at radius 1 is 1.12 bits per heavy atom. The Morgan fingerprint density at radius 3 is 2.35 bits per heavy atom. The fourth-order valence-corrected chi connectivity index (χ4v) is 3.18. The number of piperazine rings is 1. The molecule has 0 aromatic heterocycles. The maximum atomic E-state index is 10.9. The third kappa shape index (κ3) is 3.68. The Labute approximate surface area is 104 Å². The van der Waals surface area contributed by atoms with E-state index in [1.807, 2.05) is 0 Å². The molecule has 2 N–H and O–H groups in total. The maximum absolute atomic E-state index is 10.9. The van der Waals surface area contributed by atoms with Gasteiger partial charge >= 0.3 is 0 Å². The molecule has 0 bridgehead atoms. The SMILES string of the molecule is O=CNC1(CN2CCNCC2)CCCCCC1. The van der Waals surface area contributed by atoms with Crippen molar-refractivity contribution in [3.63, 3.8) is 0 Å². The molecule has 98 valence electrons. The van der Waals surface area contributed by atoms with Crippen molar-refractivity contribution in [2.24, 2.45) is 0 Å². The molecular formula is C13H25N3O. The Kier molecular flexibility index (Phi) is 4.80. The van der Waals surface area contributed by atoms with Gasteiger partial charge in [0.05, 0.1) is 5.54 Å². The normalized spacial score (nSPS) is 26.1. The Morgan fingerprint density at radius 2 is 1.76 bits per heavy atom. The van der Waals surface area contributed by atoms with Gasteiger partial charge in [0.15, 0.2) is 0 Å². The molecular weight excluding hydrogens is 214 g/mol. The number of nitrogens with one attached hydrogen (secondary N) is 2. The van der Waals surface area contributed by atoms with Gasteiger partial charge in [-0.2, -0.15) is 0 Å². The third-order valence-corrected chi connectivity index (χ3v) is 4.16. The molecule has 2 rings (SSSR count). The molecule has 0 spiro atoms. The highest BCUT2D eigenvalue weighted by Crippen LogP contribution is 2.27. The molecule has 0 atom stereocenters. The summed E-state index contributed by atoms with van der Waals surface area (Å²) < 4.78 is 0. The van der Waals surface area contributed by atoms with E-state index in [2.05, 4.69) is 15.5 Å². The van der Waals surface area contributed by atoms with Crippen molar-refractivity contribution in [1.29, 1.82) is 0 Å². The van der Waals surface area contributed by atoms with Crippen molar-refractivity contribution in [1.82, 2.24) is 15.5 Å². The monoisotopic (exact) mass is 239 g/mol. The topological polar surface area (TPSA) is 44.4 Å². The fraction of sp³-hybridized carbons (Fsp3) is 0.923. The van der Waals surface area contributed by atoms with Gasteiger partial charge in [0, 0.05) is 32.7 Å². The van der Waals surface area contributed by atoms with E-state index in [4.69, 9.17) is 0 Å². The first-order chi connectivity index (χ1) is 8.35. The van der Waals surface area contributed by atoms with Crippen LogP contribution in [0.15, 0.2) is 0 Å². The van der Waals surface area contributed by atoms with Gasteiger partial charge in [-0.05, 0) is 12.8 Å². The molecule has 2 aliphatic rings. The first-order valence-electron chi connectivity index (χ1n) is 6.99. The van der Waals surface area contributed by atoms with Crippen molar-refractivity contribution in [3.05, 3.63) is 0 Å². The zero-order valence-electron chi connectivity index (χ0n) is 10.7. The lowest BCUT2D eigenvalue weighted by molar-refractivity contribution is -0.111. The number of carbonyl (C=O) groups is 1. The molecule has 1 saturated heterocycles. The van der Waals surface area contributed by atoms with E-state index in [0.29, 0.717) is 0 Å². The van der Waals surface area contributed by atoms with Crippen LogP contribution in [0.25, 0.3) is 0 Å². The number of hydrogen-bond acceptors (Lipinski definition) is 3. The van der Waals surface area contributed by atoms with E-state index in [-0.39, 0.29) is 5.54 Å². The van der Waals surface area contributed by atoms with Gasteiger partial charge in [0.25, 0.3) is 0 Å². The summed E-state index contributed by atoms with van der Waals surface area (Å²) in [6, 6.07) is 0. The van der Waals surface area contributed by atoms with Crippen LogP contribution in [-0.2, 0) is 4.79 Å². The largest absolute Gasteiger partial charge is 0.352 e. The first kappa shape index (κ1) is 12.8. The predicted octanol–water partition coefficient (Wildman–Crippen LogP) is 0.731. The zero-order chi connectivity index (χ0) is 12.0. The predicted molar refractivity (Wildman–Crippen MR) is 68.9 cm³/mol. The van der Waals surface area contributed by atoms with Crippen LogP contribution in [0.4, 0.5) is 0 Å². The van der Waals surface area contributed by atoms with Gasteiger partial charge < -0.3 is 10.6 Å². The summed E-state index contributed by atoms with van der Waals surface area (Å²) in [5, 5.41) is 6.52. The second-order valence-electron chi connectivity index (χ2n) is 5.48. The molecule has 4 nitrogen and oxygen atoms in total. The molecule has 4 heteroatoms. The average Bonchev–Trinajstić information content (AvgIpc) is 2.57. The van der Waals surface area contributed by atoms with Crippen LogP contribution in [0.2, 0.25) is 0 Å². The van der Waals surface area contributed by atoms with Crippen molar-refractivity contribution in [2.45, 2.75) is 44.1 Å². The average molecular weight is 239 g/mol. The first-order valence-corrected chi connectivity index (χ1v) is 6.99. The minimum atomic E-state index is 0.0512. The molecule has 2 fully saturated rings. The van der Waals surface area contributed by atoms with Crippen LogP contribution >= 0.6 is 0 Å². The van der Waals surface area contributed by atoms with E-state index in [9.17, 15) is 4.79 Å². The van der Waals surface area contributed by atoms with Gasteiger partial charge in [-0.3, -0.25) is 9.69 Å². The van der Waals surface area contributed by atoms with E-state index in [0.717, 1.165) is 52.0 Å². The van der Waals surface area contributed by atoms with Crippen LogP contribution in [0, 0.1) is 0 Å². The lowest BCUT2D eigenvalue weighted by atomic mass is 9.89. The minimum Gasteiger partial charge on any atom is -0.352 e. The molecule has 0 aromatic rings. The lowest BCUT2D eigenvalue weighted by Gasteiger charge is -2.39. The van der Waals surface area contributed by atoms with Crippen molar-refractivity contribution in [2.75, 3.05) is 32.7 Å². The molecule has 1 amide bonds. The third-order valence-electron chi connectivity index (χ3n) is 4.16.